The number of anilines is 2. The maximum atomic E-state index is 11.2. The average Bonchev–Trinajstić information content (AvgIpc) is 2.50. The van der Waals surface area contributed by atoms with Gasteiger partial charge in [-0.1, -0.05) is 64.7 Å². The van der Waals surface area contributed by atoms with Gasteiger partial charge in [-0.3, -0.25) is 0 Å². The van der Waals surface area contributed by atoms with Crippen LogP contribution < -0.4 is 16.6 Å². The lowest BCUT2D eigenvalue weighted by atomic mass is 9.98. The first-order valence-corrected chi connectivity index (χ1v) is 8.95. The predicted molar refractivity (Wildman–Crippen MR) is 95.1 cm³/mol. The predicted octanol–water partition coefficient (Wildman–Crippen LogP) is 3.68. The topological polar surface area (TPSA) is 92.2 Å². The van der Waals surface area contributed by atoms with Crippen LogP contribution in [0, 0.1) is 0 Å². The maximum Gasteiger partial charge on any atom is 0.0719 e. The monoisotopic (exact) mass is 319 g/mol. The molecule has 1 rings (SSSR count). The highest BCUT2D eigenvalue weighted by atomic mass is 16.4. The SMILES string of the molecule is CCCCCCCCCCCCc1c(N)cc(N)cc1C(=O)[O-]. The third-order valence-electron chi connectivity index (χ3n) is 4.31. The van der Waals surface area contributed by atoms with Crippen LogP contribution in [-0.4, -0.2) is 5.97 Å². The van der Waals surface area contributed by atoms with Crippen LogP contribution in [0.2, 0.25) is 0 Å². The summed E-state index contributed by atoms with van der Waals surface area (Å²) < 4.78 is 0. The lowest BCUT2D eigenvalue weighted by molar-refractivity contribution is -0.255. The van der Waals surface area contributed by atoms with Gasteiger partial charge in [-0.05, 0) is 30.5 Å². The lowest BCUT2D eigenvalue weighted by Crippen LogP contribution is -2.24. The van der Waals surface area contributed by atoms with E-state index in [-0.39, 0.29) is 5.56 Å². The zero-order chi connectivity index (χ0) is 17.1. The quantitative estimate of drug-likeness (QED) is 0.454. The molecule has 0 radical (unpaired) electrons. The molecule has 1 aromatic rings. The van der Waals surface area contributed by atoms with Gasteiger partial charge < -0.3 is 21.4 Å². The molecule has 0 unspecified atom stereocenters. The number of hydrogen-bond acceptors (Lipinski definition) is 4. The molecular weight excluding hydrogens is 288 g/mol. The molecule has 0 aliphatic heterocycles. The van der Waals surface area contributed by atoms with Crippen molar-refractivity contribution in [2.75, 3.05) is 11.5 Å². The van der Waals surface area contributed by atoms with Crippen molar-refractivity contribution in [2.45, 2.75) is 77.6 Å². The van der Waals surface area contributed by atoms with E-state index in [4.69, 9.17) is 11.5 Å². The standard InChI is InChI=1S/C19H32N2O2/c1-2-3-4-5-6-7-8-9-10-11-12-16-17(19(22)23)13-15(20)14-18(16)21/h13-14H,2-12,20-21H2,1H3,(H,22,23)/p-1. The summed E-state index contributed by atoms with van der Waals surface area (Å²) in [6.07, 6.45) is 13.2. The van der Waals surface area contributed by atoms with Gasteiger partial charge in [-0.25, -0.2) is 0 Å². The van der Waals surface area contributed by atoms with E-state index in [1.54, 1.807) is 6.07 Å². The summed E-state index contributed by atoms with van der Waals surface area (Å²) >= 11 is 0. The molecule has 1 aromatic carbocycles. The smallest absolute Gasteiger partial charge is 0.0719 e. The van der Waals surface area contributed by atoms with Crippen LogP contribution in [0.5, 0.6) is 0 Å². The van der Waals surface area contributed by atoms with E-state index in [2.05, 4.69) is 6.92 Å². The number of carbonyl (C=O) groups excluding carboxylic acids is 1. The Bertz CT molecular complexity index is 487. The number of rotatable bonds is 12. The van der Waals surface area contributed by atoms with Crippen molar-refractivity contribution in [2.24, 2.45) is 0 Å². The highest BCUT2D eigenvalue weighted by molar-refractivity contribution is 5.91. The first-order chi connectivity index (χ1) is 11.1. The number of carboxylic acids is 1. The fourth-order valence-electron chi connectivity index (χ4n) is 2.97. The molecule has 130 valence electrons. The third-order valence-corrected chi connectivity index (χ3v) is 4.31. The van der Waals surface area contributed by atoms with Gasteiger partial charge in [0.25, 0.3) is 0 Å². The Morgan fingerprint density at radius 1 is 0.913 bits per heavy atom. The Balaban J connectivity index is 2.25. The van der Waals surface area contributed by atoms with Crippen molar-refractivity contribution in [1.29, 1.82) is 0 Å². The summed E-state index contributed by atoms with van der Waals surface area (Å²) in [5.74, 6) is -1.20. The molecular formula is C19H31N2O2-. The summed E-state index contributed by atoms with van der Waals surface area (Å²) in [6, 6.07) is 3.06. The zero-order valence-electron chi connectivity index (χ0n) is 14.4. The highest BCUT2D eigenvalue weighted by Crippen LogP contribution is 2.23. The molecule has 0 atom stereocenters. The largest absolute Gasteiger partial charge is 0.545 e. The van der Waals surface area contributed by atoms with Crippen molar-refractivity contribution >= 4 is 17.3 Å². The van der Waals surface area contributed by atoms with E-state index < -0.39 is 5.97 Å². The number of hydrogen-bond donors (Lipinski definition) is 2. The van der Waals surface area contributed by atoms with E-state index >= 15 is 0 Å². The Morgan fingerprint density at radius 2 is 1.43 bits per heavy atom. The van der Waals surface area contributed by atoms with E-state index in [0.29, 0.717) is 23.4 Å². The summed E-state index contributed by atoms with van der Waals surface area (Å²) in [5.41, 5.74) is 13.2. The van der Waals surface area contributed by atoms with Crippen LogP contribution in [0.15, 0.2) is 12.1 Å². The number of aromatic carboxylic acids is 1. The fourth-order valence-corrected chi connectivity index (χ4v) is 2.97. The summed E-state index contributed by atoms with van der Waals surface area (Å²) in [5, 5.41) is 11.2. The van der Waals surface area contributed by atoms with Gasteiger partial charge in [-0.2, -0.15) is 0 Å². The molecule has 0 amide bonds. The molecule has 0 aliphatic rings. The number of nitrogens with two attached hydrogens (primary N) is 2. The van der Waals surface area contributed by atoms with Gasteiger partial charge in [0.15, 0.2) is 0 Å². The van der Waals surface area contributed by atoms with Gasteiger partial charge >= 0.3 is 0 Å². The second-order valence-electron chi connectivity index (χ2n) is 6.36. The average molecular weight is 319 g/mol. The molecule has 0 spiro atoms. The van der Waals surface area contributed by atoms with Crippen molar-refractivity contribution in [3.05, 3.63) is 23.3 Å². The molecule has 23 heavy (non-hydrogen) atoms. The van der Waals surface area contributed by atoms with Crippen molar-refractivity contribution in [3.8, 4) is 0 Å². The van der Waals surface area contributed by atoms with E-state index in [0.717, 1.165) is 12.8 Å². The Labute approximate surface area is 140 Å². The summed E-state index contributed by atoms with van der Waals surface area (Å²) in [4.78, 5) is 11.2. The van der Waals surface area contributed by atoms with Crippen LogP contribution in [0.25, 0.3) is 0 Å². The first kappa shape index (κ1) is 19.3. The molecule has 4 heteroatoms. The van der Waals surface area contributed by atoms with Crippen LogP contribution in [0.4, 0.5) is 11.4 Å². The van der Waals surface area contributed by atoms with Gasteiger partial charge in [0, 0.05) is 16.9 Å². The van der Waals surface area contributed by atoms with Gasteiger partial charge in [-0.15, -0.1) is 0 Å². The fraction of sp³-hybridized carbons (Fsp3) is 0.632. The van der Waals surface area contributed by atoms with Crippen LogP contribution in [0.3, 0.4) is 0 Å². The zero-order valence-corrected chi connectivity index (χ0v) is 14.4. The van der Waals surface area contributed by atoms with Gasteiger partial charge in [0.05, 0.1) is 5.97 Å². The Hall–Kier alpha value is -1.71. The van der Waals surface area contributed by atoms with Crippen molar-refractivity contribution in [3.63, 3.8) is 0 Å². The number of carboxylic acid groups (broad SMARTS) is 1. The summed E-state index contributed by atoms with van der Waals surface area (Å²) in [6.45, 7) is 2.24. The molecule has 0 saturated carbocycles. The molecule has 4 nitrogen and oxygen atoms in total. The highest BCUT2D eigenvalue weighted by Gasteiger charge is 2.09. The lowest BCUT2D eigenvalue weighted by Gasteiger charge is -2.14. The Morgan fingerprint density at radius 3 is 1.96 bits per heavy atom. The Kier molecular flexibility index (Phi) is 9.18. The molecule has 0 heterocycles. The van der Waals surface area contributed by atoms with E-state index in [9.17, 15) is 9.90 Å². The summed E-state index contributed by atoms with van der Waals surface area (Å²) in [7, 11) is 0. The second-order valence-corrected chi connectivity index (χ2v) is 6.36. The minimum absolute atomic E-state index is 0.137. The molecule has 0 bridgehead atoms. The number of nitrogen functional groups attached to an aromatic ring is 2. The van der Waals surface area contributed by atoms with Crippen molar-refractivity contribution < 1.29 is 9.90 Å². The normalized spacial score (nSPS) is 10.8. The molecule has 0 fully saturated rings. The van der Waals surface area contributed by atoms with E-state index in [1.165, 1.54) is 57.4 Å². The van der Waals surface area contributed by atoms with Gasteiger partial charge in [0.1, 0.15) is 0 Å². The maximum absolute atomic E-state index is 11.2. The minimum Gasteiger partial charge on any atom is -0.545 e. The molecule has 0 saturated heterocycles. The number of benzene rings is 1. The van der Waals surface area contributed by atoms with E-state index in [1.807, 2.05) is 0 Å². The number of unbranched alkanes of at least 4 members (excludes halogenated alkanes) is 9. The van der Waals surface area contributed by atoms with Crippen LogP contribution >= 0.6 is 0 Å². The van der Waals surface area contributed by atoms with Gasteiger partial charge in [0.2, 0.25) is 0 Å². The minimum atomic E-state index is -1.20. The molecule has 0 aliphatic carbocycles. The third kappa shape index (κ3) is 7.40. The van der Waals surface area contributed by atoms with Crippen molar-refractivity contribution in [1.82, 2.24) is 0 Å². The van der Waals surface area contributed by atoms with Crippen LogP contribution in [0.1, 0.15) is 87.1 Å². The molecule has 0 aromatic heterocycles. The van der Waals surface area contributed by atoms with Crippen LogP contribution in [-0.2, 0) is 6.42 Å². The second kappa shape index (κ2) is 10.9. The molecule has 4 N–H and O–H groups in total. The number of carbonyl (C=O) groups is 1. The first-order valence-electron chi connectivity index (χ1n) is 8.95.